The van der Waals surface area contributed by atoms with Crippen LogP contribution in [0.5, 0.6) is 11.5 Å². The monoisotopic (exact) mass is 406 g/mol. The lowest BCUT2D eigenvalue weighted by molar-refractivity contribution is 0.475. The minimum Gasteiger partial charge on any atom is -0.508 e. The summed E-state index contributed by atoms with van der Waals surface area (Å²) in [6, 6.07) is 17.4. The maximum absolute atomic E-state index is 8.63. The van der Waals surface area contributed by atoms with E-state index in [0.29, 0.717) is 11.5 Å². The molecular weight excluding hydrogens is 380 g/mol. The second kappa shape index (κ2) is 24.6. The lowest BCUT2D eigenvalue weighted by Crippen LogP contribution is -1.56. The van der Waals surface area contributed by atoms with Gasteiger partial charge in [0.15, 0.2) is 0 Å². The van der Waals surface area contributed by atoms with E-state index in [1.165, 1.54) is 0 Å². The summed E-state index contributed by atoms with van der Waals surface area (Å²) in [4.78, 5) is 0. The van der Waals surface area contributed by atoms with Gasteiger partial charge in [-0.1, -0.05) is 85.0 Å². The number of para-hydroxylation sites is 2. The van der Waals surface area contributed by atoms with Crippen LogP contribution in [0.2, 0.25) is 0 Å². The van der Waals surface area contributed by atoms with Gasteiger partial charge < -0.3 is 20.4 Å². The number of nitriles is 2. The maximum atomic E-state index is 8.63. The summed E-state index contributed by atoms with van der Waals surface area (Å²) in [7, 11) is 0. The van der Waals surface area contributed by atoms with Crippen LogP contribution in [-0.2, 0) is 0 Å². The first kappa shape index (κ1) is 27.8. The van der Waals surface area contributed by atoms with Gasteiger partial charge in [-0.3, -0.25) is 0 Å². The molecule has 6 nitrogen and oxygen atoms in total. The molecule has 0 bridgehead atoms. The number of nitrogens with zero attached hydrogens (tertiary/aromatic N) is 2. The summed E-state index contributed by atoms with van der Waals surface area (Å²) in [5.41, 5.74) is 0. The summed E-state index contributed by atoms with van der Waals surface area (Å²) < 4.78 is 0. The zero-order valence-corrected chi connectivity index (χ0v) is 16.5. The van der Waals surface area contributed by atoms with Crippen molar-refractivity contribution in [3.8, 4) is 24.0 Å². The molecule has 0 fully saturated rings. The van der Waals surface area contributed by atoms with Crippen LogP contribution in [0.15, 0.2) is 109 Å². The molecule has 4 rings (SSSR count). The van der Waals surface area contributed by atoms with Crippen LogP contribution in [0, 0.1) is 23.0 Å². The van der Waals surface area contributed by atoms with Crippen molar-refractivity contribution in [3.63, 3.8) is 0 Å². The third-order valence-electron chi connectivity index (χ3n) is 2.82. The van der Waals surface area contributed by atoms with Gasteiger partial charge in [0.2, 0.25) is 0 Å². The summed E-state index contributed by atoms with van der Waals surface area (Å²) in [6.45, 7) is 0. The number of allylic oxidation sites excluding steroid dienone is 8. The predicted molar refractivity (Wildman–Crippen MR) is 117 cm³/mol. The van der Waals surface area contributed by atoms with Crippen molar-refractivity contribution in [1.29, 1.82) is 10.5 Å². The Bertz CT molecular complexity index is 724. The van der Waals surface area contributed by atoms with Crippen molar-refractivity contribution in [2.75, 3.05) is 0 Å². The lowest BCUT2D eigenvalue weighted by Gasteiger charge is -1.82. The van der Waals surface area contributed by atoms with Crippen LogP contribution in [0.1, 0.15) is 12.8 Å². The average Bonchev–Trinajstić information content (AvgIpc) is 3.50. The molecule has 0 amide bonds. The number of phenols is 2. The van der Waals surface area contributed by atoms with Gasteiger partial charge >= 0.3 is 0 Å². The van der Waals surface area contributed by atoms with E-state index in [0.717, 1.165) is 25.4 Å². The molecule has 0 saturated heterocycles. The number of aliphatic hydroxyl groups is 2. The molecule has 2 aromatic rings. The van der Waals surface area contributed by atoms with Gasteiger partial charge in [-0.25, -0.2) is 0 Å². The fourth-order valence-electron chi connectivity index (χ4n) is 1.64. The molecule has 0 unspecified atom stereocenters. The van der Waals surface area contributed by atoms with Crippen molar-refractivity contribution < 1.29 is 20.4 Å². The number of rotatable bonds is 0. The second-order valence-electron chi connectivity index (χ2n) is 5.06. The van der Waals surface area contributed by atoms with Gasteiger partial charge in [0, 0.05) is 0 Å². The summed E-state index contributed by atoms with van der Waals surface area (Å²) >= 11 is 0. The molecule has 0 atom stereocenters. The lowest BCUT2D eigenvalue weighted by atomic mass is 10.3. The molecule has 0 heterocycles. The molecule has 4 N–H and O–H groups in total. The third-order valence-corrected chi connectivity index (χ3v) is 2.82. The highest BCUT2D eigenvalue weighted by molar-refractivity contribution is 5.19. The minimum atomic E-state index is 0.322. The molecule has 0 aliphatic heterocycles. The van der Waals surface area contributed by atoms with Crippen molar-refractivity contribution in [2.24, 2.45) is 0 Å². The number of phenolic OH excluding ortho intramolecular Hbond substituents is 2. The van der Waals surface area contributed by atoms with E-state index in [4.69, 9.17) is 30.9 Å². The van der Waals surface area contributed by atoms with Crippen LogP contribution < -0.4 is 0 Å². The van der Waals surface area contributed by atoms with Crippen LogP contribution in [-0.4, -0.2) is 20.4 Å². The van der Waals surface area contributed by atoms with E-state index in [2.05, 4.69) is 48.6 Å². The summed E-state index contributed by atoms with van der Waals surface area (Å²) in [5, 5.41) is 44.8. The Kier molecular flexibility index (Phi) is 22.8. The van der Waals surface area contributed by atoms with E-state index >= 15 is 0 Å². The molecular formula is C24H26N2O4. The van der Waals surface area contributed by atoms with Gasteiger partial charge in [-0.15, -0.1) is 0 Å². The van der Waals surface area contributed by atoms with Gasteiger partial charge in [-0.2, -0.15) is 10.5 Å². The molecule has 156 valence electrons. The molecule has 0 radical (unpaired) electrons. The van der Waals surface area contributed by atoms with E-state index in [1.54, 1.807) is 48.5 Å². The number of aliphatic hydroxyl groups excluding tert-OH is 2. The van der Waals surface area contributed by atoms with E-state index < -0.39 is 0 Å². The number of hydrogen-bond acceptors (Lipinski definition) is 6. The van der Waals surface area contributed by atoms with E-state index in [9.17, 15) is 0 Å². The molecule has 0 aromatic heterocycles. The van der Waals surface area contributed by atoms with Gasteiger partial charge in [-0.05, 0) is 37.1 Å². The number of hydrogen-bond donors (Lipinski definition) is 4. The van der Waals surface area contributed by atoms with Crippen LogP contribution >= 0.6 is 0 Å². The van der Waals surface area contributed by atoms with Gasteiger partial charge in [0.25, 0.3) is 12.5 Å². The summed E-state index contributed by atoms with van der Waals surface area (Å²) in [5.74, 6) is 0.644. The standard InChI is InChI=1S/2C6H6O.2C5H6.2CHNO/c2*7-6-4-2-1-3-5-6;2*1-2-4-5-3-1;2*2-1-3/h2*1-5,7H;2*1-4H,5H2;2*3H. The van der Waals surface area contributed by atoms with Crippen LogP contribution in [0.3, 0.4) is 0 Å². The molecule has 0 spiro atoms. The second-order valence-corrected chi connectivity index (χ2v) is 5.06. The molecule has 2 aliphatic rings. The number of benzene rings is 2. The average molecular weight is 406 g/mol. The Labute approximate surface area is 177 Å². The molecule has 2 aromatic carbocycles. The van der Waals surface area contributed by atoms with E-state index in [1.807, 2.05) is 12.1 Å². The fourth-order valence-corrected chi connectivity index (χ4v) is 1.64. The predicted octanol–water partition coefficient (Wildman–Crippen LogP) is 5.47. The minimum absolute atomic E-state index is 0.322. The van der Waals surface area contributed by atoms with Crippen molar-refractivity contribution >= 4 is 0 Å². The zero-order chi connectivity index (χ0) is 22.7. The fraction of sp³-hybridized carbons (Fsp3) is 0.0833. The van der Waals surface area contributed by atoms with Crippen molar-refractivity contribution in [2.45, 2.75) is 12.8 Å². The molecule has 2 aliphatic carbocycles. The largest absolute Gasteiger partial charge is 0.508 e. The highest BCUT2D eigenvalue weighted by Crippen LogP contribution is 2.03. The van der Waals surface area contributed by atoms with Crippen molar-refractivity contribution in [1.82, 2.24) is 0 Å². The Morgan fingerprint density at radius 2 is 0.767 bits per heavy atom. The quantitative estimate of drug-likeness (QED) is 0.429. The normalized spacial score (nSPS) is 10.3. The van der Waals surface area contributed by atoms with E-state index in [-0.39, 0.29) is 0 Å². The van der Waals surface area contributed by atoms with Crippen LogP contribution in [0.25, 0.3) is 0 Å². The van der Waals surface area contributed by atoms with Gasteiger partial charge in [0.1, 0.15) is 11.5 Å². The Hall–Kier alpha value is -4.42. The number of aromatic hydroxyl groups is 2. The zero-order valence-electron chi connectivity index (χ0n) is 16.5. The smallest absolute Gasteiger partial charge is 0.283 e. The first-order valence-corrected chi connectivity index (χ1v) is 8.80. The van der Waals surface area contributed by atoms with Gasteiger partial charge in [0.05, 0.1) is 0 Å². The maximum Gasteiger partial charge on any atom is 0.283 e. The first-order chi connectivity index (χ1) is 14.6. The Morgan fingerprint density at radius 1 is 0.533 bits per heavy atom. The highest BCUT2D eigenvalue weighted by atomic mass is 16.3. The Morgan fingerprint density at radius 3 is 0.867 bits per heavy atom. The Balaban J connectivity index is 0. The van der Waals surface area contributed by atoms with Crippen molar-refractivity contribution in [3.05, 3.63) is 109 Å². The van der Waals surface area contributed by atoms with Crippen LogP contribution in [0.4, 0.5) is 0 Å². The SMILES string of the molecule is C1=CCC=C1.C1=CCC=C1.N#CO.N#CO.Oc1ccccc1.Oc1ccccc1. The highest BCUT2D eigenvalue weighted by Gasteiger charge is 1.75. The summed E-state index contributed by atoms with van der Waals surface area (Å²) in [6.07, 6.45) is 20.5. The topological polar surface area (TPSA) is 128 Å². The molecule has 0 saturated carbocycles. The first-order valence-electron chi connectivity index (χ1n) is 8.80. The molecule has 6 heteroatoms. The third kappa shape index (κ3) is 25.8. The molecule has 30 heavy (non-hydrogen) atoms.